The summed E-state index contributed by atoms with van der Waals surface area (Å²) in [7, 11) is 0. The molecule has 1 atom stereocenters. The van der Waals surface area contributed by atoms with Crippen LogP contribution >= 0.6 is 0 Å². The quantitative estimate of drug-likeness (QED) is 0.497. The molecule has 4 rings (SSSR count). The molecule has 0 bridgehead atoms. The van der Waals surface area contributed by atoms with E-state index in [0.29, 0.717) is 24.3 Å². The van der Waals surface area contributed by atoms with E-state index in [2.05, 4.69) is 9.80 Å². The maximum absolute atomic E-state index is 13.8. The van der Waals surface area contributed by atoms with Crippen LogP contribution in [0.5, 0.6) is 11.5 Å². The van der Waals surface area contributed by atoms with Crippen LogP contribution < -0.4 is 0 Å². The normalized spacial score (nSPS) is 16.1. The third kappa shape index (κ3) is 5.87. The van der Waals surface area contributed by atoms with Crippen molar-refractivity contribution in [2.45, 2.75) is 12.6 Å². The number of ether oxygens (including phenoxy) is 1. The van der Waals surface area contributed by atoms with Crippen LogP contribution in [-0.2, 0) is 11.3 Å². The summed E-state index contributed by atoms with van der Waals surface area (Å²) in [6, 6.07) is 18.4. The molecule has 0 amide bonds. The number of phenolic OH excluding ortho intramolecular Hbond substituents is 2. The average molecular weight is 455 g/mol. The lowest BCUT2D eigenvalue weighted by atomic mass is 10.0. The predicted molar refractivity (Wildman–Crippen MR) is 122 cm³/mol. The molecule has 3 aromatic carbocycles. The molecule has 0 spiro atoms. The molecule has 1 aliphatic heterocycles. The zero-order valence-corrected chi connectivity index (χ0v) is 18.3. The molecule has 2 N–H and O–H groups in total. The Labute approximate surface area is 192 Å². The number of piperazine rings is 1. The summed E-state index contributed by atoms with van der Waals surface area (Å²) in [5.74, 6) is -1.91. The third-order valence-electron chi connectivity index (χ3n) is 6.00. The highest BCUT2D eigenvalue weighted by molar-refractivity contribution is 5.44. The summed E-state index contributed by atoms with van der Waals surface area (Å²) in [5, 5.41) is 19.7. The summed E-state index contributed by atoms with van der Waals surface area (Å²) in [6.45, 7) is 5.12. The number of hydrogen-bond donors (Lipinski definition) is 2. The van der Waals surface area contributed by atoms with E-state index in [1.807, 2.05) is 36.4 Å². The van der Waals surface area contributed by atoms with E-state index in [9.17, 15) is 19.0 Å². The lowest BCUT2D eigenvalue weighted by Gasteiger charge is -2.35. The molecule has 1 heterocycles. The molecular formula is C26H28F2N2O3. The predicted octanol–water partition coefficient (Wildman–Crippen LogP) is 4.30. The largest absolute Gasteiger partial charge is 0.504 e. The van der Waals surface area contributed by atoms with Crippen LogP contribution in [0.4, 0.5) is 8.78 Å². The van der Waals surface area contributed by atoms with Gasteiger partial charge in [0, 0.05) is 44.8 Å². The summed E-state index contributed by atoms with van der Waals surface area (Å²) >= 11 is 0. The Morgan fingerprint density at radius 2 is 1.52 bits per heavy atom. The monoisotopic (exact) mass is 454 g/mol. The van der Waals surface area contributed by atoms with Crippen LogP contribution in [0, 0.1) is 11.6 Å². The highest BCUT2D eigenvalue weighted by Gasteiger charge is 2.20. The second kappa shape index (κ2) is 10.7. The topological polar surface area (TPSA) is 56.2 Å². The highest BCUT2D eigenvalue weighted by Crippen LogP contribution is 2.30. The first-order valence-electron chi connectivity index (χ1n) is 11.1. The van der Waals surface area contributed by atoms with Gasteiger partial charge in [0.1, 0.15) is 6.10 Å². The van der Waals surface area contributed by atoms with Gasteiger partial charge in [0.15, 0.2) is 23.1 Å². The van der Waals surface area contributed by atoms with Gasteiger partial charge < -0.3 is 14.9 Å². The smallest absolute Gasteiger partial charge is 0.161 e. The van der Waals surface area contributed by atoms with Gasteiger partial charge in [-0.2, -0.15) is 0 Å². The molecule has 0 aliphatic carbocycles. The first-order chi connectivity index (χ1) is 16.0. The number of halogens is 2. The van der Waals surface area contributed by atoms with Crippen molar-refractivity contribution in [2.75, 3.05) is 39.3 Å². The zero-order valence-electron chi connectivity index (χ0n) is 18.3. The van der Waals surface area contributed by atoms with Crippen molar-refractivity contribution in [3.8, 4) is 11.5 Å². The molecule has 7 heteroatoms. The van der Waals surface area contributed by atoms with Crippen LogP contribution in [0.3, 0.4) is 0 Å². The van der Waals surface area contributed by atoms with Crippen LogP contribution in [0.2, 0.25) is 0 Å². The van der Waals surface area contributed by atoms with Gasteiger partial charge in [-0.15, -0.1) is 0 Å². The van der Waals surface area contributed by atoms with Crippen molar-refractivity contribution < 1.29 is 23.7 Å². The molecule has 0 unspecified atom stereocenters. The van der Waals surface area contributed by atoms with Gasteiger partial charge in [-0.3, -0.25) is 9.80 Å². The number of hydrogen-bond acceptors (Lipinski definition) is 5. The van der Waals surface area contributed by atoms with E-state index in [0.717, 1.165) is 44.4 Å². The molecule has 1 saturated heterocycles. The number of aromatic hydroxyl groups is 2. The van der Waals surface area contributed by atoms with E-state index < -0.39 is 17.7 Å². The third-order valence-corrected chi connectivity index (χ3v) is 6.00. The van der Waals surface area contributed by atoms with Crippen LogP contribution in [-0.4, -0.2) is 59.3 Å². The Balaban J connectivity index is 1.31. The maximum atomic E-state index is 13.8. The first kappa shape index (κ1) is 23.2. The fourth-order valence-electron chi connectivity index (χ4n) is 4.11. The summed E-state index contributed by atoms with van der Waals surface area (Å²) < 4.78 is 33.4. The van der Waals surface area contributed by atoms with Gasteiger partial charge in [0.25, 0.3) is 0 Å². The van der Waals surface area contributed by atoms with E-state index in [-0.39, 0.29) is 11.5 Å². The van der Waals surface area contributed by atoms with Crippen molar-refractivity contribution >= 4 is 0 Å². The fraction of sp³-hybridized carbons (Fsp3) is 0.308. The number of phenols is 2. The average Bonchev–Trinajstić information content (AvgIpc) is 2.83. The van der Waals surface area contributed by atoms with E-state index >= 15 is 0 Å². The molecule has 0 radical (unpaired) electrons. The minimum absolute atomic E-state index is 0.0579. The molecule has 1 aliphatic rings. The maximum Gasteiger partial charge on any atom is 0.161 e. The number of benzene rings is 3. The highest BCUT2D eigenvalue weighted by atomic mass is 19.2. The molecule has 5 nitrogen and oxygen atoms in total. The van der Waals surface area contributed by atoms with Crippen LogP contribution in [0.1, 0.15) is 22.8 Å². The lowest BCUT2D eigenvalue weighted by Crippen LogP contribution is -2.46. The number of para-hydroxylation sites is 1. The SMILES string of the molecule is Oc1cccc(CN2CCN(CCO[C@H](c3ccccc3)c3ccc(F)c(F)c3)CC2)c1O. The summed E-state index contributed by atoms with van der Waals surface area (Å²) in [4.78, 5) is 4.53. The Morgan fingerprint density at radius 3 is 2.24 bits per heavy atom. The minimum Gasteiger partial charge on any atom is -0.504 e. The van der Waals surface area contributed by atoms with E-state index in [1.54, 1.807) is 12.1 Å². The Kier molecular flexibility index (Phi) is 7.54. The Hall–Kier alpha value is -3.00. The minimum atomic E-state index is -0.883. The standard InChI is InChI=1S/C26H28F2N2O3/c27-22-10-9-20(17-23(22)28)26(19-5-2-1-3-6-19)33-16-15-29-11-13-30(14-12-29)18-21-7-4-8-24(31)25(21)32/h1-10,17,26,31-32H,11-16,18H2/t26-/m1/s1. The summed E-state index contributed by atoms with van der Waals surface area (Å²) in [6.07, 6.45) is -0.476. The molecule has 174 valence electrons. The zero-order chi connectivity index (χ0) is 23.2. The van der Waals surface area contributed by atoms with Crippen molar-refractivity contribution in [3.63, 3.8) is 0 Å². The molecule has 3 aromatic rings. The molecular weight excluding hydrogens is 426 g/mol. The Morgan fingerprint density at radius 1 is 0.788 bits per heavy atom. The van der Waals surface area contributed by atoms with E-state index in [4.69, 9.17) is 4.74 Å². The van der Waals surface area contributed by atoms with Gasteiger partial charge in [-0.1, -0.05) is 48.5 Å². The molecule has 0 aromatic heterocycles. The van der Waals surface area contributed by atoms with Gasteiger partial charge in [-0.05, 0) is 29.3 Å². The van der Waals surface area contributed by atoms with E-state index in [1.165, 1.54) is 12.1 Å². The Bertz CT molecular complexity index is 1060. The van der Waals surface area contributed by atoms with Crippen molar-refractivity contribution in [3.05, 3.63) is 95.1 Å². The van der Waals surface area contributed by atoms with Crippen LogP contribution in [0.25, 0.3) is 0 Å². The van der Waals surface area contributed by atoms with Gasteiger partial charge in [0.2, 0.25) is 0 Å². The van der Waals surface area contributed by atoms with Crippen molar-refractivity contribution in [1.82, 2.24) is 9.80 Å². The molecule has 1 fully saturated rings. The lowest BCUT2D eigenvalue weighted by molar-refractivity contribution is 0.0439. The van der Waals surface area contributed by atoms with Crippen LogP contribution in [0.15, 0.2) is 66.7 Å². The molecule has 0 saturated carbocycles. The summed E-state index contributed by atoms with van der Waals surface area (Å²) in [5.41, 5.74) is 2.18. The van der Waals surface area contributed by atoms with Crippen molar-refractivity contribution in [1.29, 1.82) is 0 Å². The number of nitrogens with zero attached hydrogens (tertiary/aromatic N) is 2. The molecule has 33 heavy (non-hydrogen) atoms. The second-order valence-corrected chi connectivity index (χ2v) is 8.24. The second-order valence-electron chi connectivity index (χ2n) is 8.24. The van der Waals surface area contributed by atoms with Gasteiger partial charge >= 0.3 is 0 Å². The first-order valence-corrected chi connectivity index (χ1v) is 11.1. The number of rotatable bonds is 8. The van der Waals surface area contributed by atoms with Gasteiger partial charge in [-0.25, -0.2) is 8.78 Å². The van der Waals surface area contributed by atoms with Gasteiger partial charge in [0.05, 0.1) is 6.61 Å². The fourth-order valence-corrected chi connectivity index (χ4v) is 4.11. The van der Waals surface area contributed by atoms with Crippen molar-refractivity contribution in [2.24, 2.45) is 0 Å².